The van der Waals surface area contributed by atoms with Crippen LogP contribution >= 0.6 is 0 Å². The Morgan fingerprint density at radius 1 is 1.54 bits per heavy atom. The van der Waals surface area contributed by atoms with Crippen LogP contribution in [-0.4, -0.2) is 30.3 Å². The Kier molecular flexibility index (Phi) is 4.15. The number of alkyl halides is 1. The number of carbonyl (C=O) groups excluding carboxylic acids is 1. The molecule has 4 heteroatoms. The average Bonchev–Trinajstić information content (AvgIpc) is 2.14. The summed E-state index contributed by atoms with van der Waals surface area (Å²) >= 11 is 0. The number of aliphatic hydroxyl groups excluding tert-OH is 1. The smallest absolute Gasteiger partial charge is 0.223 e. The van der Waals surface area contributed by atoms with Crippen molar-refractivity contribution in [1.29, 1.82) is 0 Å². The van der Waals surface area contributed by atoms with Gasteiger partial charge in [0.25, 0.3) is 0 Å². The highest BCUT2D eigenvalue weighted by Crippen LogP contribution is 2.23. The van der Waals surface area contributed by atoms with Crippen LogP contribution in [0.5, 0.6) is 0 Å². The summed E-state index contributed by atoms with van der Waals surface area (Å²) in [6.07, 6.45) is 2.66. The zero-order valence-electron chi connectivity index (χ0n) is 7.63. The molecule has 3 nitrogen and oxygen atoms in total. The lowest BCUT2D eigenvalue weighted by Gasteiger charge is -2.24. The topological polar surface area (TPSA) is 49.3 Å². The van der Waals surface area contributed by atoms with Gasteiger partial charge in [0.2, 0.25) is 5.91 Å². The van der Waals surface area contributed by atoms with Crippen molar-refractivity contribution in [3.63, 3.8) is 0 Å². The molecular formula is C9H16FNO2. The van der Waals surface area contributed by atoms with Gasteiger partial charge < -0.3 is 10.4 Å². The SMILES string of the molecule is O=C(NCCF)C1CCCC(O)C1. The van der Waals surface area contributed by atoms with Crippen LogP contribution in [0.1, 0.15) is 25.7 Å². The third-order valence-electron chi connectivity index (χ3n) is 2.41. The molecule has 2 unspecified atom stereocenters. The lowest BCUT2D eigenvalue weighted by Crippen LogP contribution is -2.36. The van der Waals surface area contributed by atoms with Gasteiger partial charge in [0.15, 0.2) is 0 Å². The van der Waals surface area contributed by atoms with Gasteiger partial charge in [-0.1, -0.05) is 6.42 Å². The second kappa shape index (κ2) is 5.17. The van der Waals surface area contributed by atoms with Gasteiger partial charge in [0, 0.05) is 12.5 Å². The number of carbonyl (C=O) groups is 1. The number of amides is 1. The molecule has 0 saturated heterocycles. The van der Waals surface area contributed by atoms with E-state index in [9.17, 15) is 14.3 Å². The maximum absolute atomic E-state index is 11.7. The van der Waals surface area contributed by atoms with E-state index in [4.69, 9.17) is 0 Å². The van der Waals surface area contributed by atoms with E-state index in [1.54, 1.807) is 0 Å². The number of hydrogen-bond acceptors (Lipinski definition) is 2. The van der Waals surface area contributed by atoms with E-state index < -0.39 is 6.67 Å². The summed E-state index contributed by atoms with van der Waals surface area (Å²) in [5.74, 6) is -0.230. The molecule has 1 amide bonds. The molecule has 1 saturated carbocycles. The van der Waals surface area contributed by atoms with Crippen molar-refractivity contribution in [3.8, 4) is 0 Å². The zero-order valence-corrected chi connectivity index (χ0v) is 7.63. The van der Waals surface area contributed by atoms with Crippen molar-refractivity contribution in [2.45, 2.75) is 31.8 Å². The van der Waals surface area contributed by atoms with Crippen LogP contribution in [0.3, 0.4) is 0 Å². The lowest BCUT2D eigenvalue weighted by atomic mass is 9.87. The third kappa shape index (κ3) is 3.30. The minimum Gasteiger partial charge on any atom is -0.393 e. The Bertz CT molecular complexity index is 175. The Morgan fingerprint density at radius 2 is 2.31 bits per heavy atom. The fourth-order valence-electron chi connectivity index (χ4n) is 1.72. The molecule has 0 heterocycles. The van der Waals surface area contributed by atoms with Gasteiger partial charge in [-0.2, -0.15) is 0 Å². The molecule has 0 aromatic carbocycles. The summed E-state index contributed by atoms with van der Waals surface area (Å²) in [5.41, 5.74) is 0. The van der Waals surface area contributed by atoms with E-state index in [1.807, 2.05) is 0 Å². The van der Waals surface area contributed by atoms with Gasteiger partial charge in [-0.25, -0.2) is 4.39 Å². The van der Waals surface area contributed by atoms with Crippen LogP contribution < -0.4 is 5.32 Å². The molecule has 1 rings (SSSR count). The highest BCUT2D eigenvalue weighted by molar-refractivity contribution is 5.78. The molecule has 0 aliphatic heterocycles. The summed E-state index contributed by atoms with van der Waals surface area (Å²) in [6, 6.07) is 0. The summed E-state index contributed by atoms with van der Waals surface area (Å²) in [6.45, 7) is -0.438. The number of rotatable bonds is 3. The number of halogens is 1. The maximum atomic E-state index is 11.7. The predicted octanol–water partition coefficient (Wildman–Crippen LogP) is 0.623. The predicted molar refractivity (Wildman–Crippen MR) is 46.9 cm³/mol. The first-order chi connectivity index (χ1) is 6.24. The van der Waals surface area contributed by atoms with Crippen molar-refractivity contribution in [3.05, 3.63) is 0 Å². The Morgan fingerprint density at radius 3 is 2.92 bits per heavy atom. The molecule has 76 valence electrons. The van der Waals surface area contributed by atoms with Crippen LogP contribution in [0.25, 0.3) is 0 Å². The first kappa shape index (κ1) is 10.4. The highest BCUT2D eigenvalue weighted by atomic mass is 19.1. The van der Waals surface area contributed by atoms with Crippen molar-refractivity contribution in [2.24, 2.45) is 5.92 Å². The number of nitrogens with one attached hydrogen (secondary N) is 1. The van der Waals surface area contributed by atoms with E-state index >= 15 is 0 Å². The minimum atomic E-state index is -0.527. The average molecular weight is 189 g/mol. The van der Waals surface area contributed by atoms with E-state index in [-0.39, 0.29) is 24.5 Å². The molecule has 1 fully saturated rings. The van der Waals surface area contributed by atoms with Gasteiger partial charge >= 0.3 is 0 Å². The standard InChI is InChI=1S/C9H16FNO2/c10-4-5-11-9(13)7-2-1-3-8(12)6-7/h7-8,12H,1-6H2,(H,11,13). The molecule has 0 radical (unpaired) electrons. The summed E-state index contributed by atoms with van der Waals surface area (Å²) in [4.78, 5) is 11.3. The molecule has 1 aliphatic carbocycles. The van der Waals surface area contributed by atoms with E-state index in [0.29, 0.717) is 6.42 Å². The summed E-state index contributed by atoms with van der Waals surface area (Å²) in [7, 11) is 0. The van der Waals surface area contributed by atoms with Crippen LogP contribution in [0.15, 0.2) is 0 Å². The van der Waals surface area contributed by atoms with Crippen molar-refractivity contribution in [2.75, 3.05) is 13.2 Å². The van der Waals surface area contributed by atoms with Crippen LogP contribution in [0.4, 0.5) is 4.39 Å². The second-order valence-electron chi connectivity index (χ2n) is 3.50. The zero-order chi connectivity index (χ0) is 9.68. The van der Waals surface area contributed by atoms with Gasteiger partial charge in [0.1, 0.15) is 6.67 Å². The summed E-state index contributed by atoms with van der Waals surface area (Å²) in [5, 5.41) is 11.8. The van der Waals surface area contributed by atoms with E-state index in [0.717, 1.165) is 19.3 Å². The van der Waals surface area contributed by atoms with Crippen LogP contribution in [-0.2, 0) is 4.79 Å². The molecule has 0 spiro atoms. The Labute approximate surface area is 77.3 Å². The quantitative estimate of drug-likeness (QED) is 0.684. The third-order valence-corrected chi connectivity index (χ3v) is 2.41. The molecule has 0 aromatic rings. The molecule has 1 aliphatic rings. The molecule has 13 heavy (non-hydrogen) atoms. The van der Waals surface area contributed by atoms with Gasteiger partial charge in [-0.3, -0.25) is 4.79 Å². The molecule has 2 atom stereocenters. The van der Waals surface area contributed by atoms with Crippen LogP contribution in [0, 0.1) is 5.92 Å². The normalized spacial score (nSPS) is 28.5. The molecule has 2 N–H and O–H groups in total. The van der Waals surface area contributed by atoms with Gasteiger partial charge in [0.05, 0.1) is 6.10 Å². The number of aliphatic hydroxyl groups is 1. The fraction of sp³-hybridized carbons (Fsp3) is 0.889. The second-order valence-corrected chi connectivity index (χ2v) is 3.50. The van der Waals surface area contributed by atoms with Crippen molar-refractivity contribution < 1.29 is 14.3 Å². The highest BCUT2D eigenvalue weighted by Gasteiger charge is 2.25. The maximum Gasteiger partial charge on any atom is 0.223 e. The Balaban J connectivity index is 2.28. The van der Waals surface area contributed by atoms with Gasteiger partial charge in [-0.15, -0.1) is 0 Å². The van der Waals surface area contributed by atoms with E-state index in [1.165, 1.54) is 0 Å². The number of hydrogen-bond donors (Lipinski definition) is 2. The fourth-order valence-corrected chi connectivity index (χ4v) is 1.72. The summed E-state index contributed by atoms with van der Waals surface area (Å²) < 4.78 is 11.7. The first-order valence-electron chi connectivity index (χ1n) is 4.75. The molecule has 0 aromatic heterocycles. The minimum absolute atomic E-state index is 0.0887. The van der Waals surface area contributed by atoms with E-state index in [2.05, 4.69) is 5.32 Å². The first-order valence-corrected chi connectivity index (χ1v) is 4.75. The monoisotopic (exact) mass is 189 g/mol. The largest absolute Gasteiger partial charge is 0.393 e. The van der Waals surface area contributed by atoms with Crippen molar-refractivity contribution >= 4 is 5.91 Å². The molecular weight excluding hydrogens is 173 g/mol. The van der Waals surface area contributed by atoms with Gasteiger partial charge in [-0.05, 0) is 19.3 Å². The van der Waals surface area contributed by atoms with Crippen molar-refractivity contribution in [1.82, 2.24) is 5.32 Å². The molecule has 0 bridgehead atoms. The Hall–Kier alpha value is -0.640. The lowest BCUT2D eigenvalue weighted by molar-refractivity contribution is -0.127. The van der Waals surface area contributed by atoms with Crippen LogP contribution in [0.2, 0.25) is 0 Å².